The number of nitrogens with one attached hydrogen (secondary N) is 1. The lowest BCUT2D eigenvalue weighted by Gasteiger charge is -2.13. The number of aliphatic hydroxyl groups excluding tert-OH is 1. The first-order valence-corrected chi connectivity index (χ1v) is 5.33. The van der Waals surface area contributed by atoms with Gasteiger partial charge in [0.15, 0.2) is 0 Å². The molecule has 1 unspecified atom stereocenters. The van der Waals surface area contributed by atoms with E-state index >= 15 is 0 Å². The molecule has 0 heterocycles. The number of hydrogen-bond acceptors (Lipinski definition) is 2. The third kappa shape index (κ3) is 3.49. The maximum Gasteiger partial charge on any atom is 0.254 e. The quantitative estimate of drug-likeness (QED) is 0.846. The molecule has 5 heteroatoms. The van der Waals surface area contributed by atoms with Gasteiger partial charge in [0.25, 0.3) is 5.91 Å². The van der Waals surface area contributed by atoms with E-state index in [1.807, 2.05) is 0 Å². The largest absolute Gasteiger partial charge is 0.396 e. The molecule has 0 aliphatic rings. The average Bonchev–Trinajstić information content (AvgIpc) is 2.23. The molecule has 3 nitrogen and oxygen atoms in total. The molecule has 0 radical (unpaired) electrons. The Labute approximate surface area is 98.5 Å². The van der Waals surface area contributed by atoms with Crippen LogP contribution in [0.3, 0.4) is 0 Å². The molecule has 0 fully saturated rings. The van der Waals surface area contributed by atoms with Crippen LogP contribution in [0.1, 0.15) is 29.3 Å². The highest BCUT2D eigenvalue weighted by Crippen LogP contribution is 2.14. The summed E-state index contributed by atoms with van der Waals surface area (Å²) in [6.07, 6.45) is 0.363. The molecular formula is C12H15F2NO2. The summed E-state index contributed by atoms with van der Waals surface area (Å²) in [6, 6.07) is 1.57. The van der Waals surface area contributed by atoms with Crippen LogP contribution in [0, 0.1) is 18.6 Å². The van der Waals surface area contributed by atoms with E-state index in [0.29, 0.717) is 6.42 Å². The van der Waals surface area contributed by atoms with Crippen molar-refractivity contribution in [3.05, 3.63) is 34.9 Å². The van der Waals surface area contributed by atoms with Gasteiger partial charge in [0.2, 0.25) is 0 Å². The van der Waals surface area contributed by atoms with Crippen LogP contribution >= 0.6 is 0 Å². The summed E-state index contributed by atoms with van der Waals surface area (Å²) in [6.45, 7) is 3.03. The first-order chi connectivity index (χ1) is 7.95. The van der Waals surface area contributed by atoms with Crippen molar-refractivity contribution in [2.45, 2.75) is 26.3 Å². The summed E-state index contributed by atoms with van der Waals surface area (Å²) in [5.41, 5.74) is -0.166. The van der Waals surface area contributed by atoms with Crippen molar-refractivity contribution in [2.75, 3.05) is 6.61 Å². The Kier molecular flexibility index (Phi) is 4.57. The second kappa shape index (κ2) is 5.72. The standard InChI is InChI=1S/C12H15F2NO2/c1-7-5-11(14)9(6-10(7)13)12(17)15-8(2)3-4-16/h5-6,8,16H,3-4H2,1-2H3,(H,15,17). The highest BCUT2D eigenvalue weighted by atomic mass is 19.1. The summed E-state index contributed by atoms with van der Waals surface area (Å²) < 4.78 is 26.7. The number of amides is 1. The van der Waals surface area contributed by atoms with Gasteiger partial charge in [-0.2, -0.15) is 0 Å². The number of carbonyl (C=O) groups excluding carboxylic acids is 1. The molecule has 1 aromatic rings. The van der Waals surface area contributed by atoms with Crippen LogP contribution in [0.15, 0.2) is 12.1 Å². The van der Waals surface area contributed by atoms with E-state index in [0.717, 1.165) is 12.1 Å². The lowest BCUT2D eigenvalue weighted by atomic mass is 10.1. The predicted octanol–water partition coefficient (Wildman–Crippen LogP) is 1.77. The lowest BCUT2D eigenvalue weighted by Crippen LogP contribution is -2.33. The molecule has 1 rings (SSSR count). The van der Waals surface area contributed by atoms with Crippen molar-refractivity contribution in [1.29, 1.82) is 0 Å². The number of hydrogen-bond donors (Lipinski definition) is 2. The molecule has 1 amide bonds. The molecule has 1 aromatic carbocycles. The van der Waals surface area contributed by atoms with Gasteiger partial charge >= 0.3 is 0 Å². The summed E-state index contributed by atoms with van der Waals surface area (Å²) >= 11 is 0. The SMILES string of the molecule is Cc1cc(F)c(C(=O)NC(C)CCO)cc1F. The van der Waals surface area contributed by atoms with E-state index in [1.54, 1.807) is 6.92 Å². The number of aryl methyl sites for hydroxylation is 1. The second-order valence-electron chi connectivity index (χ2n) is 3.97. The number of carbonyl (C=O) groups is 1. The van der Waals surface area contributed by atoms with Gasteiger partial charge in [-0.3, -0.25) is 4.79 Å². The van der Waals surface area contributed by atoms with Gasteiger partial charge in [0.05, 0.1) is 5.56 Å². The number of rotatable bonds is 4. The van der Waals surface area contributed by atoms with Crippen molar-refractivity contribution in [1.82, 2.24) is 5.32 Å². The lowest BCUT2D eigenvalue weighted by molar-refractivity contribution is 0.0930. The molecule has 0 aromatic heterocycles. The first kappa shape index (κ1) is 13.6. The van der Waals surface area contributed by atoms with Crippen molar-refractivity contribution < 1.29 is 18.7 Å². The Morgan fingerprint density at radius 1 is 1.41 bits per heavy atom. The van der Waals surface area contributed by atoms with Gasteiger partial charge in [0, 0.05) is 12.6 Å². The summed E-state index contributed by atoms with van der Waals surface area (Å²) in [4.78, 5) is 11.6. The Bertz CT molecular complexity index is 421. The molecule has 94 valence electrons. The maximum atomic E-state index is 13.4. The Hall–Kier alpha value is -1.49. The first-order valence-electron chi connectivity index (χ1n) is 5.33. The predicted molar refractivity (Wildman–Crippen MR) is 59.7 cm³/mol. The van der Waals surface area contributed by atoms with Crippen LogP contribution in [-0.2, 0) is 0 Å². The third-order valence-corrected chi connectivity index (χ3v) is 2.43. The minimum Gasteiger partial charge on any atom is -0.396 e. The fraction of sp³-hybridized carbons (Fsp3) is 0.417. The highest BCUT2D eigenvalue weighted by Gasteiger charge is 2.16. The summed E-state index contributed by atoms with van der Waals surface area (Å²) in [7, 11) is 0. The Morgan fingerprint density at radius 3 is 2.65 bits per heavy atom. The van der Waals surface area contributed by atoms with E-state index in [9.17, 15) is 13.6 Å². The molecule has 2 N–H and O–H groups in total. The number of aliphatic hydroxyl groups is 1. The van der Waals surface area contributed by atoms with Crippen LogP contribution in [0.2, 0.25) is 0 Å². The molecule has 0 spiro atoms. The number of halogens is 2. The monoisotopic (exact) mass is 243 g/mol. The van der Waals surface area contributed by atoms with Gasteiger partial charge in [-0.05, 0) is 38.0 Å². The normalized spacial score (nSPS) is 12.3. The van der Waals surface area contributed by atoms with Crippen LogP contribution in [0.25, 0.3) is 0 Å². The Balaban J connectivity index is 2.86. The zero-order valence-corrected chi connectivity index (χ0v) is 9.76. The molecule has 0 aliphatic carbocycles. The average molecular weight is 243 g/mol. The smallest absolute Gasteiger partial charge is 0.254 e. The fourth-order valence-electron chi connectivity index (χ4n) is 1.39. The van der Waals surface area contributed by atoms with Crippen LogP contribution in [0.5, 0.6) is 0 Å². The Morgan fingerprint density at radius 2 is 2.06 bits per heavy atom. The molecule has 0 aliphatic heterocycles. The van der Waals surface area contributed by atoms with Crippen molar-refractivity contribution >= 4 is 5.91 Å². The van der Waals surface area contributed by atoms with E-state index in [2.05, 4.69) is 5.32 Å². The van der Waals surface area contributed by atoms with Crippen molar-refractivity contribution in [3.8, 4) is 0 Å². The molecule has 17 heavy (non-hydrogen) atoms. The fourth-order valence-corrected chi connectivity index (χ4v) is 1.39. The van der Waals surface area contributed by atoms with Crippen LogP contribution in [0.4, 0.5) is 8.78 Å². The molecule has 0 saturated heterocycles. The highest BCUT2D eigenvalue weighted by molar-refractivity contribution is 5.94. The summed E-state index contributed by atoms with van der Waals surface area (Å²) in [5.74, 6) is -2.05. The minimum atomic E-state index is -0.752. The number of benzene rings is 1. The van der Waals surface area contributed by atoms with Gasteiger partial charge < -0.3 is 10.4 Å². The van der Waals surface area contributed by atoms with E-state index in [-0.39, 0.29) is 23.8 Å². The van der Waals surface area contributed by atoms with Crippen LogP contribution in [-0.4, -0.2) is 23.7 Å². The minimum absolute atomic E-state index is 0.0772. The van der Waals surface area contributed by atoms with Crippen molar-refractivity contribution in [2.24, 2.45) is 0 Å². The zero-order chi connectivity index (χ0) is 13.0. The van der Waals surface area contributed by atoms with E-state index in [4.69, 9.17) is 5.11 Å². The van der Waals surface area contributed by atoms with Gasteiger partial charge in [-0.15, -0.1) is 0 Å². The third-order valence-electron chi connectivity index (χ3n) is 2.43. The summed E-state index contributed by atoms with van der Waals surface area (Å²) in [5, 5.41) is 11.1. The molecular weight excluding hydrogens is 228 g/mol. The zero-order valence-electron chi connectivity index (χ0n) is 9.76. The second-order valence-corrected chi connectivity index (χ2v) is 3.97. The van der Waals surface area contributed by atoms with E-state index < -0.39 is 17.5 Å². The van der Waals surface area contributed by atoms with Gasteiger partial charge in [-0.25, -0.2) is 8.78 Å². The molecule has 0 bridgehead atoms. The topological polar surface area (TPSA) is 49.3 Å². The van der Waals surface area contributed by atoms with Gasteiger partial charge in [0.1, 0.15) is 11.6 Å². The van der Waals surface area contributed by atoms with Crippen LogP contribution < -0.4 is 5.32 Å². The maximum absolute atomic E-state index is 13.4. The van der Waals surface area contributed by atoms with Gasteiger partial charge in [-0.1, -0.05) is 0 Å². The van der Waals surface area contributed by atoms with E-state index in [1.165, 1.54) is 6.92 Å². The molecule has 0 saturated carbocycles. The molecule has 1 atom stereocenters. The van der Waals surface area contributed by atoms with Crippen molar-refractivity contribution in [3.63, 3.8) is 0 Å².